The van der Waals surface area contributed by atoms with Crippen LogP contribution in [0.5, 0.6) is 0 Å². The Hall–Kier alpha value is -0.120. The van der Waals surface area contributed by atoms with E-state index in [1.807, 2.05) is 0 Å². The van der Waals surface area contributed by atoms with E-state index in [1.54, 1.807) is 0 Å². The van der Waals surface area contributed by atoms with Gasteiger partial charge in [-0.15, -0.1) is 0 Å². The number of nitrogens with zero attached hydrogens (tertiary/aromatic N) is 2. The maximum absolute atomic E-state index is 5.89. The average Bonchev–Trinajstić information content (AvgIpc) is 2.93. The Kier molecular flexibility index (Phi) is 5.00. The summed E-state index contributed by atoms with van der Waals surface area (Å²) in [7, 11) is 0. The Morgan fingerprint density at radius 1 is 1.05 bits per heavy atom. The number of ether oxygens (including phenoxy) is 1. The molecule has 3 aliphatic rings. The molecule has 3 aliphatic heterocycles. The molecule has 3 nitrogen and oxygen atoms in total. The molecule has 0 spiro atoms. The maximum Gasteiger partial charge on any atom is 0.0613 e. The van der Waals surface area contributed by atoms with Gasteiger partial charge in [-0.05, 0) is 44.6 Å². The molecule has 0 aromatic carbocycles. The van der Waals surface area contributed by atoms with Crippen molar-refractivity contribution in [1.82, 2.24) is 9.80 Å². The number of piperidine rings is 1. The molecule has 20 heavy (non-hydrogen) atoms. The minimum Gasteiger partial charge on any atom is -0.378 e. The standard InChI is InChI=1S/C17H32N2O/c1-3-15-12-18-9-6-5-7-16(18)13-19(15)11-14-8-10-20-17(14)4-2/h14-17H,3-13H2,1-2H3. The molecule has 3 saturated heterocycles. The maximum atomic E-state index is 5.89. The van der Waals surface area contributed by atoms with E-state index >= 15 is 0 Å². The fraction of sp³-hybridized carbons (Fsp3) is 1.00. The molecule has 4 atom stereocenters. The first-order chi connectivity index (χ1) is 9.81. The second-order valence-corrected chi connectivity index (χ2v) is 7.03. The minimum atomic E-state index is 0.525. The van der Waals surface area contributed by atoms with Gasteiger partial charge < -0.3 is 4.74 Å². The lowest BCUT2D eigenvalue weighted by atomic mass is 9.93. The Balaban J connectivity index is 1.61. The summed E-state index contributed by atoms with van der Waals surface area (Å²) in [6.45, 7) is 10.9. The number of hydrogen-bond acceptors (Lipinski definition) is 3. The molecular formula is C17H32N2O. The van der Waals surface area contributed by atoms with Gasteiger partial charge in [-0.3, -0.25) is 9.80 Å². The first kappa shape index (κ1) is 14.8. The first-order valence-corrected chi connectivity index (χ1v) is 8.91. The van der Waals surface area contributed by atoms with Crippen molar-refractivity contribution in [3.8, 4) is 0 Å². The molecule has 0 bridgehead atoms. The summed E-state index contributed by atoms with van der Waals surface area (Å²) in [6, 6.07) is 1.62. The van der Waals surface area contributed by atoms with Crippen LogP contribution in [0, 0.1) is 5.92 Å². The highest BCUT2D eigenvalue weighted by molar-refractivity contribution is 4.92. The highest BCUT2D eigenvalue weighted by Gasteiger charge is 2.37. The number of piperazine rings is 1. The van der Waals surface area contributed by atoms with E-state index in [9.17, 15) is 0 Å². The molecular weight excluding hydrogens is 248 g/mol. The van der Waals surface area contributed by atoms with Gasteiger partial charge in [0.15, 0.2) is 0 Å². The lowest BCUT2D eigenvalue weighted by Gasteiger charge is -2.49. The zero-order valence-corrected chi connectivity index (χ0v) is 13.4. The van der Waals surface area contributed by atoms with Crippen LogP contribution in [0.2, 0.25) is 0 Å². The van der Waals surface area contributed by atoms with Crippen molar-refractivity contribution in [3.63, 3.8) is 0 Å². The molecule has 0 aliphatic carbocycles. The van der Waals surface area contributed by atoms with Gasteiger partial charge in [0.1, 0.15) is 0 Å². The monoisotopic (exact) mass is 280 g/mol. The number of hydrogen-bond donors (Lipinski definition) is 0. The van der Waals surface area contributed by atoms with E-state index in [0.717, 1.165) is 24.6 Å². The van der Waals surface area contributed by atoms with Crippen LogP contribution in [0.1, 0.15) is 52.4 Å². The predicted octanol–water partition coefficient (Wildman–Crippen LogP) is 2.75. The van der Waals surface area contributed by atoms with Gasteiger partial charge in [0, 0.05) is 38.3 Å². The summed E-state index contributed by atoms with van der Waals surface area (Å²) in [6.07, 6.45) is 8.57. The van der Waals surface area contributed by atoms with Crippen LogP contribution in [0.25, 0.3) is 0 Å². The third-order valence-corrected chi connectivity index (χ3v) is 5.84. The third kappa shape index (κ3) is 3.05. The molecule has 0 radical (unpaired) electrons. The second-order valence-electron chi connectivity index (χ2n) is 7.03. The number of fused-ring (bicyclic) bond motifs is 1. The van der Waals surface area contributed by atoms with Gasteiger partial charge in [0.25, 0.3) is 0 Å². The van der Waals surface area contributed by atoms with Crippen molar-refractivity contribution < 1.29 is 4.74 Å². The zero-order chi connectivity index (χ0) is 13.9. The van der Waals surface area contributed by atoms with Crippen LogP contribution in [-0.2, 0) is 4.74 Å². The Morgan fingerprint density at radius 3 is 2.75 bits per heavy atom. The second kappa shape index (κ2) is 6.76. The summed E-state index contributed by atoms with van der Waals surface area (Å²) in [5.74, 6) is 0.782. The van der Waals surface area contributed by atoms with Gasteiger partial charge in [-0.25, -0.2) is 0 Å². The van der Waals surface area contributed by atoms with E-state index in [2.05, 4.69) is 23.6 Å². The molecule has 0 saturated carbocycles. The van der Waals surface area contributed by atoms with Gasteiger partial charge in [0.05, 0.1) is 6.10 Å². The van der Waals surface area contributed by atoms with Crippen LogP contribution in [0.15, 0.2) is 0 Å². The summed E-state index contributed by atoms with van der Waals surface area (Å²) in [5, 5.41) is 0. The van der Waals surface area contributed by atoms with Crippen molar-refractivity contribution in [2.24, 2.45) is 5.92 Å². The third-order valence-electron chi connectivity index (χ3n) is 5.84. The van der Waals surface area contributed by atoms with E-state index in [-0.39, 0.29) is 0 Å². The molecule has 0 amide bonds. The summed E-state index contributed by atoms with van der Waals surface area (Å²) in [4.78, 5) is 5.59. The lowest BCUT2D eigenvalue weighted by molar-refractivity contribution is -0.00832. The SMILES string of the molecule is CCC1OCCC1CN1CC2CCCCN2CC1CC. The molecule has 0 aromatic rings. The number of rotatable bonds is 4. The highest BCUT2D eigenvalue weighted by atomic mass is 16.5. The molecule has 3 heterocycles. The summed E-state index contributed by atoms with van der Waals surface area (Å²) < 4.78 is 5.89. The zero-order valence-electron chi connectivity index (χ0n) is 13.4. The minimum absolute atomic E-state index is 0.525. The van der Waals surface area contributed by atoms with E-state index in [0.29, 0.717) is 6.10 Å². The van der Waals surface area contributed by atoms with Gasteiger partial charge in [0.2, 0.25) is 0 Å². The van der Waals surface area contributed by atoms with E-state index in [4.69, 9.17) is 4.74 Å². The van der Waals surface area contributed by atoms with Crippen molar-refractivity contribution in [1.29, 1.82) is 0 Å². The quantitative estimate of drug-likeness (QED) is 0.787. The van der Waals surface area contributed by atoms with Crippen molar-refractivity contribution in [2.75, 3.05) is 32.8 Å². The fourth-order valence-corrected chi connectivity index (χ4v) is 4.58. The smallest absolute Gasteiger partial charge is 0.0613 e. The van der Waals surface area contributed by atoms with E-state index in [1.165, 1.54) is 64.7 Å². The van der Waals surface area contributed by atoms with Crippen molar-refractivity contribution in [3.05, 3.63) is 0 Å². The molecule has 116 valence electrons. The van der Waals surface area contributed by atoms with Crippen LogP contribution in [0.4, 0.5) is 0 Å². The first-order valence-electron chi connectivity index (χ1n) is 8.91. The van der Waals surface area contributed by atoms with E-state index < -0.39 is 0 Å². The van der Waals surface area contributed by atoms with Crippen LogP contribution >= 0.6 is 0 Å². The highest BCUT2D eigenvalue weighted by Crippen LogP contribution is 2.29. The topological polar surface area (TPSA) is 15.7 Å². The average molecular weight is 280 g/mol. The van der Waals surface area contributed by atoms with Crippen molar-refractivity contribution in [2.45, 2.75) is 70.6 Å². The summed E-state index contributed by atoms with van der Waals surface area (Å²) >= 11 is 0. The molecule has 3 fully saturated rings. The van der Waals surface area contributed by atoms with Crippen LogP contribution in [-0.4, -0.2) is 60.8 Å². The normalized spacial score (nSPS) is 39.9. The van der Waals surface area contributed by atoms with Crippen LogP contribution < -0.4 is 0 Å². The van der Waals surface area contributed by atoms with Gasteiger partial charge in [-0.2, -0.15) is 0 Å². The lowest BCUT2D eigenvalue weighted by Crippen LogP contribution is -2.60. The molecule has 3 heteroatoms. The van der Waals surface area contributed by atoms with Gasteiger partial charge >= 0.3 is 0 Å². The largest absolute Gasteiger partial charge is 0.378 e. The fourth-order valence-electron chi connectivity index (χ4n) is 4.58. The predicted molar refractivity (Wildman–Crippen MR) is 83.0 cm³/mol. The van der Waals surface area contributed by atoms with Crippen LogP contribution in [0.3, 0.4) is 0 Å². The Morgan fingerprint density at radius 2 is 1.95 bits per heavy atom. The molecule has 0 aromatic heterocycles. The Labute approximate surface area is 124 Å². The molecule has 3 rings (SSSR count). The summed E-state index contributed by atoms with van der Waals surface area (Å²) in [5.41, 5.74) is 0. The molecule has 0 N–H and O–H groups in total. The molecule has 4 unspecified atom stereocenters. The van der Waals surface area contributed by atoms with Gasteiger partial charge in [-0.1, -0.05) is 20.3 Å². The van der Waals surface area contributed by atoms with Crippen molar-refractivity contribution >= 4 is 0 Å². The Bertz CT molecular complexity index is 309.